The highest BCUT2D eigenvalue weighted by Gasteiger charge is 2.53. The number of hydrogen-bond acceptors (Lipinski definition) is 2. The number of nitrogens with one attached hydrogen (secondary N) is 1. The van der Waals surface area contributed by atoms with E-state index in [1.54, 1.807) is 6.08 Å². The van der Waals surface area contributed by atoms with Crippen LogP contribution in [-0.4, -0.2) is 39.7 Å². The molecule has 1 N–H and O–H groups in total. The predicted molar refractivity (Wildman–Crippen MR) is 89.7 cm³/mol. The van der Waals surface area contributed by atoms with Crippen molar-refractivity contribution < 1.29 is 4.79 Å². The van der Waals surface area contributed by atoms with E-state index in [2.05, 4.69) is 22.5 Å². The standard InChI is InChI=1S/C18H19ClN2O/c1-2-15(19)18-9-5-10-21(18)11-8-13-12-6-3-4-7-14(12)20-16(13)17(18)22/h2-4,6-7,15,20H,1,5,8-11H2. The van der Waals surface area contributed by atoms with E-state index in [4.69, 9.17) is 11.6 Å². The van der Waals surface area contributed by atoms with Crippen LogP contribution in [0.2, 0.25) is 0 Å². The molecular formula is C18H19ClN2O. The number of aromatic nitrogens is 1. The van der Waals surface area contributed by atoms with Gasteiger partial charge in [-0.25, -0.2) is 0 Å². The predicted octanol–water partition coefficient (Wildman–Crippen LogP) is 3.53. The number of carbonyl (C=O) groups excluding carboxylic acids is 1. The Morgan fingerprint density at radius 1 is 1.36 bits per heavy atom. The summed E-state index contributed by atoms with van der Waals surface area (Å²) >= 11 is 6.57. The number of benzene rings is 1. The Morgan fingerprint density at radius 2 is 2.18 bits per heavy atom. The second-order valence-corrected chi connectivity index (χ2v) is 6.73. The van der Waals surface area contributed by atoms with Crippen molar-refractivity contribution in [2.75, 3.05) is 13.1 Å². The number of halogens is 1. The van der Waals surface area contributed by atoms with Crippen LogP contribution in [0.15, 0.2) is 36.9 Å². The molecule has 114 valence electrons. The number of carbonyl (C=O) groups is 1. The van der Waals surface area contributed by atoms with E-state index in [-0.39, 0.29) is 11.2 Å². The number of nitrogens with zero attached hydrogens (tertiary/aromatic N) is 1. The third-order valence-corrected chi connectivity index (χ3v) is 5.82. The van der Waals surface area contributed by atoms with Crippen LogP contribution in [0.4, 0.5) is 0 Å². The summed E-state index contributed by atoms with van der Waals surface area (Å²) in [4.78, 5) is 19.0. The van der Waals surface area contributed by atoms with E-state index in [1.165, 1.54) is 0 Å². The van der Waals surface area contributed by atoms with Crippen LogP contribution >= 0.6 is 11.6 Å². The monoisotopic (exact) mass is 314 g/mol. The van der Waals surface area contributed by atoms with Crippen LogP contribution in [0.1, 0.15) is 28.9 Å². The van der Waals surface area contributed by atoms with E-state index in [0.717, 1.165) is 54.5 Å². The van der Waals surface area contributed by atoms with E-state index in [1.807, 2.05) is 18.2 Å². The molecule has 22 heavy (non-hydrogen) atoms. The van der Waals surface area contributed by atoms with Gasteiger partial charge in [0.15, 0.2) is 0 Å². The molecule has 1 aromatic carbocycles. The summed E-state index contributed by atoms with van der Waals surface area (Å²) in [5.41, 5.74) is 2.29. The van der Waals surface area contributed by atoms with Crippen molar-refractivity contribution in [2.24, 2.45) is 0 Å². The number of rotatable bonds is 2. The number of fused-ring (bicyclic) bond motifs is 4. The van der Waals surface area contributed by atoms with E-state index in [9.17, 15) is 4.79 Å². The molecule has 3 heterocycles. The molecule has 2 atom stereocenters. The van der Waals surface area contributed by atoms with Crippen LogP contribution in [0, 0.1) is 0 Å². The van der Waals surface area contributed by atoms with Gasteiger partial charge in [-0.1, -0.05) is 24.3 Å². The highest BCUT2D eigenvalue weighted by atomic mass is 35.5. The van der Waals surface area contributed by atoms with Crippen molar-refractivity contribution in [3.05, 3.63) is 48.2 Å². The Hall–Kier alpha value is -1.58. The van der Waals surface area contributed by atoms with Gasteiger partial charge in [0.2, 0.25) is 5.78 Å². The van der Waals surface area contributed by atoms with Gasteiger partial charge in [0.05, 0.1) is 11.1 Å². The van der Waals surface area contributed by atoms with Crippen LogP contribution in [0.5, 0.6) is 0 Å². The lowest BCUT2D eigenvalue weighted by Gasteiger charge is -2.38. The molecule has 2 unspecified atom stereocenters. The molecule has 2 aromatic rings. The molecule has 1 saturated heterocycles. The minimum atomic E-state index is -0.630. The number of H-pyrrole nitrogens is 1. The van der Waals surface area contributed by atoms with Crippen molar-refractivity contribution in [1.29, 1.82) is 0 Å². The minimum absolute atomic E-state index is 0.133. The van der Waals surface area contributed by atoms with Gasteiger partial charge in [-0.3, -0.25) is 9.69 Å². The van der Waals surface area contributed by atoms with Crippen molar-refractivity contribution >= 4 is 28.3 Å². The van der Waals surface area contributed by atoms with Crippen molar-refractivity contribution in [3.8, 4) is 0 Å². The van der Waals surface area contributed by atoms with Gasteiger partial charge in [-0.2, -0.15) is 0 Å². The first-order valence-electron chi connectivity index (χ1n) is 7.84. The number of Topliss-reactive ketones (excluding diaryl/α,β-unsaturated/α-hetero) is 1. The Labute approximate surface area is 134 Å². The summed E-state index contributed by atoms with van der Waals surface area (Å²) in [5.74, 6) is 0.133. The summed E-state index contributed by atoms with van der Waals surface area (Å²) in [6, 6.07) is 8.14. The van der Waals surface area contributed by atoms with Crippen LogP contribution in [0.3, 0.4) is 0 Å². The second-order valence-electron chi connectivity index (χ2n) is 6.26. The van der Waals surface area contributed by atoms with E-state index >= 15 is 0 Å². The fourth-order valence-corrected chi connectivity index (χ4v) is 4.56. The first-order valence-corrected chi connectivity index (χ1v) is 8.28. The van der Waals surface area contributed by atoms with Gasteiger partial charge < -0.3 is 4.98 Å². The zero-order valence-electron chi connectivity index (χ0n) is 12.4. The molecule has 0 bridgehead atoms. The largest absolute Gasteiger partial charge is 0.352 e. The quantitative estimate of drug-likeness (QED) is 0.680. The van der Waals surface area contributed by atoms with Crippen LogP contribution in [-0.2, 0) is 6.42 Å². The highest BCUT2D eigenvalue weighted by molar-refractivity contribution is 6.26. The van der Waals surface area contributed by atoms with Gasteiger partial charge >= 0.3 is 0 Å². The van der Waals surface area contributed by atoms with Crippen LogP contribution < -0.4 is 0 Å². The SMILES string of the molecule is C=CC(Cl)C12CCCN1CCc1c([nH]c3ccccc13)C2=O. The second kappa shape index (κ2) is 4.97. The third kappa shape index (κ3) is 1.70. The van der Waals surface area contributed by atoms with Gasteiger partial charge in [0.1, 0.15) is 5.54 Å². The van der Waals surface area contributed by atoms with Crippen molar-refractivity contribution in [3.63, 3.8) is 0 Å². The lowest BCUT2D eigenvalue weighted by molar-refractivity contribution is 0.0694. The van der Waals surface area contributed by atoms with E-state index in [0.29, 0.717) is 0 Å². The smallest absolute Gasteiger partial charge is 0.201 e. The molecule has 2 aliphatic rings. The number of para-hydroxylation sites is 1. The molecule has 4 rings (SSSR count). The third-order valence-electron chi connectivity index (χ3n) is 5.28. The Bertz CT molecular complexity index is 766. The number of alkyl halides is 1. The maximum Gasteiger partial charge on any atom is 0.201 e. The van der Waals surface area contributed by atoms with Crippen molar-refractivity contribution in [1.82, 2.24) is 9.88 Å². The number of aromatic amines is 1. The Kier molecular flexibility index (Phi) is 3.17. The van der Waals surface area contributed by atoms with Gasteiger partial charge in [0.25, 0.3) is 0 Å². The molecule has 0 saturated carbocycles. The maximum atomic E-state index is 13.4. The van der Waals surface area contributed by atoms with Gasteiger partial charge in [-0.15, -0.1) is 18.2 Å². The van der Waals surface area contributed by atoms with Gasteiger partial charge in [-0.05, 0) is 37.4 Å². The fourth-order valence-electron chi connectivity index (χ4n) is 4.21. The first-order chi connectivity index (χ1) is 10.7. The topological polar surface area (TPSA) is 36.1 Å². The van der Waals surface area contributed by atoms with Gasteiger partial charge in [0, 0.05) is 17.4 Å². The zero-order chi connectivity index (χ0) is 15.3. The summed E-state index contributed by atoms with van der Waals surface area (Å²) in [7, 11) is 0. The molecule has 0 aliphatic carbocycles. The highest BCUT2D eigenvalue weighted by Crippen LogP contribution is 2.42. The summed E-state index contributed by atoms with van der Waals surface area (Å²) < 4.78 is 0. The molecule has 3 nitrogen and oxygen atoms in total. The fraction of sp³-hybridized carbons (Fsp3) is 0.389. The molecule has 1 fully saturated rings. The molecule has 1 aromatic heterocycles. The minimum Gasteiger partial charge on any atom is -0.352 e. The Morgan fingerprint density at radius 3 is 3.00 bits per heavy atom. The average Bonchev–Trinajstić information content (AvgIpc) is 3.11. The normalized spacial score (nSPS) is 26.5. The number of ketones is 1. The summed E-state index contributed by atoms with van der Waals surface area (Å²) in [6.45, 7) is 5.64. The number of hydrogen-bond donors (Lipinski definition) is 1. The van der Waals surface area contributed by atoms with Crippen molar-refractivity contribution in [2.45, 2.75) is 30.2 Å². The molecule has 4 heteroatoms. The average molecular weight is 315 g/mol. The molecule has 2 aliphatic heterocycles. The summed E-state index contributed by atoms with van der Waals surface area (Å²) in [6.07, 6.45) is 4.41. The molecule has 0 spiro atoms. The summed E-state index contributed by atoms with van der Waals surface area (Å²) in [5, 5.41) is 0.798. The lowest BCUT2D eigenvalue weighted by Crippen LogP contribution is -2.55. The van der Waals surface area contributed by atoms with Crippen LogP contribution in [0.25, 0.3) is 10.9 Å². The first kappa shape index (κ1) is 14.0. The maximum absolute atomic E-state index is 13.4. The lowest BCUT2D eigenvalue weighted by atomic mass is 9.85. The Balaban J connectivity index is 1.94. The zero-order valence-corrected chi connectivity index (χ0v) is 13.2. The molecular weight excluding hydrogens is 296 g/mol. The molecule has 0 amide bonds. The van der Waals surface area contributed by atoms with E-state index < -0.39 is 5.54 Å². The molecule has 0 radical (unpaired) electrons.